The van der Waals surface area contributed by atoms with Crippen LogP contribution >= 0.6 is 0 Å². The van der Waals surface area contributed by atoms with E-state index < -0.39 is 11.8 Å². The summed E-state index contributed by atoms with van der Waals surface area (Å²) in [5.41, 5.74) is 1.79. The molecule has 4 rings (SSSR count). The molecule has 0 fully saturated rings. The van der Waals surface area contributed by atoms with Gasteiger partial charge in [-0.2, -0.15) is 5.10 Å². The van der Waals surface area contributed by atoms with Crippen LogP contribution in [0.25, 0.3) is 22.9 Å². The Labute approximate surface area is 193 Å². The van der Waals surface area contributed by atoms with Crippen LogP contribution < -0.4 is 5.32 Å². The zero-order valence-corrected chi connectivity index (χ0v) is 18.5. The molecule has 0 aliphatic heterocycles. The van der Waals surface area contributed by atoms with Gasteiger partial charge in [-0.1, -0.05) is 23.4 Å². The molecule has 3 heterocycles. The smallest absolute Gasteiger partial charge is 0.307 e. The van der Waals surface area contributed by atoms with Crippen LogP contribution in [0.4, 0.5) is 14.6 Å². The van der Waals surface area contributed by atoms with Crippen molar-refractivity contribution in [1.82, 2.24) is 24.9 Å². The number of rotatable bonds is 9. The van der Waals surface area contributed by atoms with E-state index in [9.17, 15) is 13.6 Å². The van der Waals surface area contributed by atoms with Gasteiger partial charge in [0.1, 0.15) is 23.5 Å². The lowest BCUT2D eigenvalue weighted by Crippen LogP contribution is -2.16. The van der Waals surface area contributed by atoms with E-state index in [2.05, 4.69) is 25.5 Å². The fourth-order valence-electron chi connectivity index (χ4n) is 3.20. The maximum Gasteiger partial charge on any atom is 0.307 e. The Balaban J connectivity index is 1.59. The number of benzene rings is 1. The number of ether oxygens (including phenoxy) is 1. The van der Waals surface area contributed by atoms with Crippen molar-refractivity contribution in [2.24, 2.45) is 0 Å². The van der Waals surface area contributed by atoms with Crippen molar-refractivity contribution in [1.29, 1.82) is 0 Å². The van der Waals surface area contributed by atoms with Gasteiger partial charge in [0.15, 0.2) is 17.5 Å². The molecule has 1 aromatic carbocycles. The van der Waals surface area contributed by atoms with Gasteiger partial charge in [0, 0.05) is 18.2 Å². The van der Waals surface area contributed by atoms with Crippen LogP contribution in [-0.2, 0) is 16.1 Å². The molecular formula is C23H22F2N6O3. The van der Waals surface area contributed by atoms with Gasteiger partial charge in [-0.25, -0.2) is 18.7 Å². The summed E-state index contributed by atoms with van der Waals surface area (Å²) in [6, 6.07) is 9.67. The van der Waals surface area contributed by atoms with Crippen LogP contribution in [0.2, 0.25) is 0 Å². The van der Waals surface area contributed by atoms with E-state index >= 15 is 0 Å². The Bertz CT molecular complexity index is 1270. The molecule has 0 unspecified atom stereocenters. The molecule has 176 valence electrons. The fourth-order valence-corrected chi connectivity index (χ4v) is 3.20. The predicted molar refractivity (Wildman–Crippen MR) is 119 cm³/mol. The van der Waals surface area contributed by atoms with E-state index in [0.717, 1.165) is 6.20 Å². The van der Waals surface area contributed by atoms with Gasteiger partial charge in [-0.05, 0) is 26.0 Å². The number of carbonyl (C=O) groups is 1. The van der Waals surface area contributed by atoms with Gasteiger partial charge in [-0.15, -0.1) is 0 Å². The first-order valence-electron chi connectivity index (χ1n) is 10.6. The average molecular weight is 468 g/mol. The third-order valence-corrected chi connectivity index (χ3v) is 4.72. The molecule has 0 saturated carbocycles. The van der Waals surface area contributed by atoms with Crippen molar-refractivity contribution in [2.45, 2.75) is 32.9 Å². The molecule has 4 aromatic rings. The molecule has 0 spiro atoms. The number of esters is 1. The van der Waals surface area contributed by atoms with Crippen molar-refractivity contribution >= 4 is 11.8 Å². The predicted octanol–water partition coefficient (Wildman–Crippen LogP) is 4.08. The maximum atomic E-state index is 14.3. The maximum absolute atomic E-state index is 14.3. The summed E-state index contributed by atoms with van der Waals surface area (Å²) in [4.78, 5) is 20.0. The molecular weight excluding hydrogens is 446 g/mol. The van der Waals surface area contributed by atoms with Crippen LogP contribution in [0.3, 0.4) is 0 Å². The van der Waals surface area contributed by atoms with Crippen molar-refractivity contribution in [3.8, 4) is 22.9 Å². The first kappa shape index (κ1) is 23.0. The van der Waals surface area contributed by atoms with Gasteiger partial charge in [0.05, 0.1) is 31.0 Å². The molecule has 11 heteroatoms. The highest BCUT2D eigenvalue weighted by atomic mass is 19.1. The Morgan fingerprint density at radius 3 is 2.74 bits per heavy atom. The lowest BCUT2D eigenvalue weighted by Gasteiger charge is -2.09. The van der Waals surface area contributed by atoms with E-state index in [-0.39, 0.29) is 43.1 Å². The van der Waals surface area contributed by atoms with Crippen LogP contribution in [0, 0.1) is 11.6 Å². The van der Waals surface area contributed by atoms with Crippen LogP contribution in [0.15, 0.2) is 53.4 Å². The molecule has 3 aromatic heterocycles. The quantitative estimate of drug-likeness (QED) is 0.366. The number of nitrogens with one attached hydrogen (secondary N) is 1. The molecule has 0 aliphatic rings. The largest absolute Gasteiger partial charge is 0.463 e. The van der Waals surface area contributed by atoms with E-state index in [4.69, 9.17) is 9.26 Å². The zero-order valence-electron chi connectivity index (χ0n) is 18.5. The summed E-state index contributed by atoms with van der Waals surface area (Å²) >= 11 is 0. The summed E-state index contributed by atoms with van der Waals surface area (Å²) in [5.74, 6) is -1.38. The number of hydrogen-bond donors (Lipinski definition) is 1. The molecule has 34 heavy (non-hydrogen) atoms. The molecule has 0 bridgehead atoms. The summed E-state index contributed by atoms with van der Waals surface area (Å²) in [6.07, 6.45) is 2.25. The molecule has 1 N–H and O–H groups in total. The lowest BCUT2D eigenvalue weighted by atomic mass is 10.2. The fraction of sp³-hybridized carbons (Fsp3) is 0.261. The van der Waals surface area contributed by atoms with E-state index in [1.54, 1.807) is 48.9 Å². The van der Waals surface area contributed by atoms with Crippen LogP contribution in [0.1, 0.15) is 25.8 Å². The normalized spacial score (nSPS) is 11.1. The Hall–Kier alpha value is -4.15. The highest BCUT2D eigenvalue weighted by Crippen LogP contribution is 2.26. The van der Waals surface area contributed by atoms with E-state index in [1.165, 1.54) is 12.3 Å². The molecule has 9 nitrogen and oxygen atoms in total. The third kappa shape index (κ3) is 5.42. The van der Waals surface area contributed by atoms with E-state index in [1.807, 2.05) is 0 Å². The Kier molecular flexibility index (Phi) is 6.90. The van der Waals surface area contributed by atoms with Crippen molar-refractivity contribution < 1.29 is 22.8 Å². The third-order valence-electron chi connectivity index (χ3n) is 4.72. The zero-order chi connectivity index (χ0) is 24.1. The SMILES string of the molecule is CC(C)OC(=O)CCNc1nc(-c2cc(-c3ccon3)n(Cc3ccccc3F)n2)ncc1F. The van der Waals surface area contributed by atoms with Gasteiger partial charge in [0.25, 0.3) is 0 Å². The standard InChI is InChI=1S/C23H22F2N6O3/c1-14(2)34-21(32)7-9-26-22-17(25)12-27-23(28-22)19-11-20(18-8-10-33-30-18)31(29-19)13-15-5-3-4-6-16(15)24/h3-6,8,10-12,14H,7,9,13H2,1-2H3,(H,26,27,28). The number of halogens is 2. The second-order valence-corrected chi connectivity index (χ2v) is 7.65. The summed E-state index contributed by atoms with van der Waals surface area (Å²) in [5, 5.41) is 11.2. The number of hydrogen-bond acceptors (Lipinski definition) is 8. The molecule has 0 atom stereocenters. The minimum Gasteiger partial charge on any atom is -0.463 e. The first-order valence-corrected chi connectivity index (χ1v) is 10.6. The highest BCUT2D eigenvalue weighted by Gasteiger charge is 2.18. The van der Waals surface area contributed by atoms with Crippen molar-refractivity contribution in [3.05, 3.63) is 66.1 Å². The molecule has 0 radical (unpaired) electrons. The monoisotopic (exact) mass is 468 g/mol. The van der Waals surface area contributed by atoms with Crippen LogP contribution in [0.5, 0.6) is 0 Å². The summed E-state index contributed by atoms with van der Waals surface area (Å²) in [6.45, 7) is 3.75. The Morgan fingerprint density at radius 2 is 2.00 bits per heavy atom. The number of aromatic nitrogens is 5. The second kappa shape index (κ2) is 10.2. The number of carbonyl (C=O) groups excluding carboxylic acids is 1. The number of anilines is 1. The lowest BCUT2D eigenvalue weighted by molar-refractivity contribution is -0.147. The highest BCUT2D eigenvalue weighted by molar-refractivity contribution is 5.70. The second-order valence-electron chi connectivity index (χ2n) is 7.65. The minimum atomic E-state index is -0.677. The number of nitrogens with zero attached hydrogens (tertiary/aromatic N) is 5. The average Bonchev–Trinajstić information content (AvgIpc) is 3.46. The van der Waals surface area contributed by atoms with Gasteiger partial charge >= 0.3 is 5.97 Å². The molecule has 0 aliphatic carbocycles. The van der Waals surface area contributed by atoms with Crippen molar-refractivity contribution in [3.63, 3.8) is 0 Å². The van der Waals surface area contributed by atoms with Crippen molar-refractivity contribution in [2.75, 3.05) is 11.9 Å². The first-order chi connectivity index (χ1) is 16.4. The van der Waals surface area contributed by atoms with Crippen LogP contribution in [-0.4, -0.2) is 43.5 Å². The van der Waals surface area contributed by atoms with Gasteiger partial charge in [-0.3, -0.25) is 9.48 Å². The molecule has 0 amide bonds. The van der Waals surface area contributed by atoms with E-state index in [0.29, 0.717) is 22.6 Å². The summed E-state index contributed by atoms with van der Waals surface area (Å²) < 4.78 is 40.1. The Morgan fingerprint density at radius 1 is 1.18 bits per heavy atom. The minimum absolute atomic E-state index is 0.0462. The molecule has 0 saturated heterocycles. The van der Waals surface area contributed by atoms with Gasteiger partial charge < -0.3 is 14.6 Å². The topological polar surface area (TPSA) is 108 Å². The summed E-state index contributed by atoms with van der Waals surface area (Å²) in [7, 11) is 0. The van der Waals surface area contributed by atoms with Gasteiger partial charge in [0.2, 0.25) is 0 Å².